The van der Waals surface area contributed by atoms with Crippen LogP contribution < -0.4 is 10.6 Å². The van der Waals surface area contributed by atoms with Gasteiger partial charge in [0.25, 0.3) is 5.91 Å². The molecule has 1 amide bonds. The minimum Gasteiger partial charge on any atom is -0.467 e. The number of esters is 1. The van der Waals surface area contributed by atoms with Gasteiger partial charge < -0.3 is 19.8 Å². The maximum Gasteiger partial charge on any atom is 0.340 e. The Morgan fingerprint density at radius 1 is 0.966 bits per heavy atom. The number of hydrogen-bond donors (Lipinski definition) is 2. The highest BCUT2D eigenvalue weighted by molar-refractivity contribution is 5.98. The molecule has 0 aliphatic heterocycles. The molecule has 1 aromatic heterocycles. The number of benzene rings is 2. The molecular formula is C23H24N2O4. The van der Waals surface area contributed by atoms with E-state index < -0.39 is 5.97 Å². The van der Waals surface area contributed by atoms with Crippen molar-refractivity contribution in [2.45, 2.75) is 26.3 Å². The zero-order valence-electron chi connectivity index (χ0n) is 16.5. The van der Waals surface area contributed by atoms with Crippen molar-refractivity contribution in [1.82, 2.24) is 0 Å². The van der Waals surface area contributed by atoms with Crippen LogP contribution in [-0.2, 0) is 16.1 Å². The molecule has 3 aromatic rings. The second-order valence-electron chi connectivity index (χ2n) is 6.84. The molecule has 29 heavy (non-hydrogen) atoms. The molecule has 0 atom stereocenters. The van der Waals surface area contributed by atoms with Gasteiger partial charge in [0, 0.05) is 11.4 Å². The minimum atomic E-state index is -0.570. The molecule has 0 saturated carbocycles. The molecule has 0 radical (unpaired) electrons. The van der Waals surface area contributed by atoms with Crippen LogP contribution in [-0.4, -0.2) is 18.5 Å². The average molecular weight is 392 g/mol. The van der Waals surface area contributed by atoms with E-state index in [0.717, 1.165) is 17.0 Å². The SMILES string of the molecule is CC(C)c1ccccc1NC(=O)COC(=O)c1ccccc1NCc1ccco1. The molecule has 6 nitrogen and oxygen atoms in total. The van der Waals surface area contributed by atoms with Crippen LogP contribution in [0.3, 0.4) is 0 Å². The standard InChI is InChI=1S/C23H24N2O4/c1-16(2)18-9-3-6-12-21(18)25-22(26)15-29-23(27)19-10-4-5-11-20(19)24-14-17-8-7-13-28-17/h3-13,16,24H,14-15H2,1-2H3,(H,25,26). The lowest BCUT2D eigenvalue weighted by Gasteiger charge is -2.14. The number of para-hydroxylation sites is 2. The van der Waals surface area contributed by atoms with Gasteiger partial charge in [0.2, 0.25) is 0 Å². The Bertz CT molecular complexity index is 965. The van der Waals surface area contributed by atoms with Gasteiger partial charge in [-0.15, -0.1) is 0 Å². The van der Waals surface area contributed by atoms with Gasteiger partial charge in [-0.05, 0) is 41.8 Å². The van der Waals surface area contributed by atoms with E-state index in [1.54, 1.807) is 30.5 Å². The summed E-state index contributed by atoms with van der Waals surface area (Å²) < 4.78 is 10.5. The fourth-order valence-corrected chi connectivity index (χ4v) is 2.92. The summed E-state index contributed by atoms with van der Waals surface area (Å²) in [5.41, 5.74) is 2.72. The Morgan fingerprint density at radius 3 is 2.41 bits per heavy atom. The summed E-state index contributed by atoms with van der Waals surface area (Å²) >= 11 is 0. The number of ether oxygens (including phenoxy) is 1. The zero-order chi connectivity index (χ0) is 20.6. The highest BCUT2D eigenvalue weighted by atomic mass is 16.5. The lowest BCUT2D eigenvalue weighted by Crippen LogP contribution is -2.22. The number of rotatable bonds is 8. The molecule has 6 heteroatoms. The number of hydrogen-bond acceptors (Lipinski definition) is 5. The Hall–Kier alpha value is -3.54. The van der Waals surface area contributed by atoms with Crippen LogP contribution in [0, 0.1) is 0 Å². The maximum absolute atomic E-state index is 12.5. The van der Waals surface area contributed by atoms with Crippen molar-refractivity contribution in [1.29, 1.82) is 0 Å². The van der Waals surface area contributed by atoms with E-state index in [2.05, 4.69) is 24.5 Å². The van der Waals surface area contributed by atoms with Crippen LogP contribution in [0.15, 0.2) is 71.3 Å². The van der Waals surface area contributed by atoms with Crippen molar-refractivity contribution in [2.24, 2.45) is 0 Å². The average Bonchev–Trinajstić information content (AvgIpc) is 3.24. The van der Waals surface area contributed by atoms with E-state index in [-0.39, 0.29) is 18.4 Å². The van der Waals surface area contributed by atoms with E-state index in [4.69, 9.17) is 9.15 Å². The smallest absolute Gasteiger partial charge is 0.340 e. The van der Waals surface area contributed by atoms with E-state index in [1.807, 2.05) is 36.4 Å². The van der Waals surface area contributed by atoms with Crippen LogP contribution in [0.5, 0.6) is 0 Å². The van der Waals surface area contributed by atoms with Gasteiger partial charge in [-0.25, -0.2) is 4.79 Å². The molecule has 150 valence electrons. The van der Waals surface area contributed by atoms with Crippen LogP contribution >= 0.6 is 0 Å². The first-order valence-electron chi connectivity index (χ1n) is 9.45. The number of nitrogens with one attached hydrogen (secondary N) is 2. The maximum atomic E-state index is 12.5. The zero-order valence-corrected chi connectivity index (χ0v) is 16.5. The highest BCUT2D eigenvalue weighted by Gasteiger charge is 2.15. The molecule has 0 saturated heterocycles. The molecule has 2 aromatic carbocycles. The van der Waals surface area contributed by atoms with Gasteiger partial charge in [0.15, 0.2) is 6.61 Å². The summed E-state index contributed by atoms with van der Waals surface area (Å²) in [6.07, 6.45) is 1.59. The number of carbonyl (C=O) groups excluding carboxylic acids is 2. The Morgan fingerprint density at radius 2 is 1.69 bits per heavy atom. The van der Waals surface area contributed by atoms with Crippen molar-refractivity contribution in [3.05, 3.63) is 83.8 Å². The minimum absolute atomic E-state index is 0.265. The first kappa shape index (κ1) is 20.2. The monoisotopic (exact) mass is 392 g/mol. The van der Waals surface area contributed by atoms with Gasteiger partial charge >= 0.3 is 5.97 Å². The van der Waals surface area contributed by atoms with E-state index in [0.29, 0.717) is 17.8 Å². The van der Waals surface area contributed by atoms with Crippen LogP contribution in [0.1, 0.15) is 41.4 Å². The summed E-state index contributed by atoms with van der Waals surface area (Å²) in [7, 11) is 0. The topological polar surface area (TPSA) is 80.6 Å². The Labute approximate surface area is 169 Å². The highest BCUT2D eigenvalue weighted by Crippen LogP contribution is 2.23. The number of amides is 1. The van der Waals surface area contributed by atoms with E-state index in [1.165, 1.54) is 0 Å². The quantitative estimate of drug-likeness (QED) is 0.538. The third-order valence-corrected chi connectivity index (χ3v) is 4.37. The summed E-state index contributed by atoms with van der Waals surface area (Å²) in [5, 5.41) is 5.96. The lowest BCUT2D eigenvalue weighted by atomic mass is 10.0. The molecule has 2 N–H and O–H groups in total. The molecule has 0 aliphatic carbocycles. The second-order valence-corrected chi connectivity index (χ2v) is 6.84. The van der Waals surface area contributed by atoms with Crippen LogP contribution in [0.2, 0.25) is 0 Å². The van der Waals surface area contributed by atoms with Crippen molar-refractivity contribution < 1.29 is 18.7 Å². The molecule has 0 bridgehead atoms. The molecule has 1 heterocycles. The summed E-state index contributed by atoms with van der Waals surface area (Å²) in [6.45, 7) is 4.18. The third-order valence-electron chi connectivity index (χ3n) is 4.37. The van der Waals surface area contributed by atoms with Gasteiger partial charge in [0.05, 0.1) is 18.4 Å². The predicted molar refractivity (Wildman–Crippen MR) is 112 cm³/mol. The van der Waals surface area contributed by atoms with Gasteiger partial charge in [-0.1, -0.05) is 44.2 Å². The fraction of sp³-hybridized carbons (Fsp3) is 0.217. The predicted octanol–water partition coefficient (Wildman–Crippen LogP) is 4.81. The summed E-state index contributed by atoms with van der Waals surface area (Å²) in [6, 6.07) is 18.2. The van der Waals surface area contributed by atoms with Crippen molar-refractivity contribution >= 4 is 23.3 Å². The van der Waals surface area contributed by atoms with Gasteiger partial charge in [-0.3, -0.25) is 4.79 Å². The number of carbonyl (C=O) groups is 2. The summed E-state index contributed by atoms with van der Waals surface area (Å²) in [4.78, 5) is 24.8. The third kappa shape index (κ3) is 5.48. The molecule has 3 rings (SSSR count). The molecule has 0 fully saturated rings. The normalized spacial score (nSPS) is 10.6. The molecule has 0 aliphatic rings. The largest absolute Gasteiger partial charge is 0.467 e. The Kier molecular flexibility index (Phi) is 6.68. The Balaban J connectivity index is 1.59. The molecular weight excluding hydrogens is 368 g/mol. The van der Waals surface area contributed by atoms with E-state index >= 15 is 0 Å². The van der Waals surface area contributed by atoms with E-state index in [9.17, 15) is 9.59 Å². The first-order valence-corrected chi connectivity index (χ1v) is 9.45. The van der Waals surface area contributed by atoms with Gasteiger partial charge in [-0.2, -0.15) is 0 Å². The first-order chi connectivity index (χ1) is 14.0. The fourth-order valence-electron chi connectivity index (χ4n) is 2.92. The van der Waals surface area contributed by atoms with Crippen molar-refractivity contribution in [3.8, 4) is 0 Å². The van der Waals surface area contributed by atoms with Crippen LogP contribution in [0.4, 0.5) is 11.4 Å². The van der Waals surface area contributed by atoms with Crippen molar-refractivity contribution in [2.75, 3.05) is 17.2 Å². The van der Waals surface area contributed by atoms with Crippen LogP contribution in [0.25, 0.3) is 0 Å². The summed E-state index contributed by atoms with van der Waals surface area (Å²) in [5.74, 6) is 0.0600. The molecule has 0 unspecified atom stereocenters. The van der Waals surface area contributed by atoms with Gasteiger partial charge in [0.1, 0.15) is 5.76 Å². The lowest BCUT2D eigenvalue weighted by molar-refractivity contribution is -0.119. The second kappa shape index (κ2) is 9.59. The molecule has 0 spiro atoms. The number of furan rings is 1. The van der Waals surface area contributed by atoms with Crippen molar-refractivity contribution in [3.63, 3.8) is 0 Å². The number of anilines is 2.